The monoisotopic (exact) mass is 228 g/mol. The average molecular weight is 228 g/mol. The average Bonchev–Trinajstić information content (AvgIpc) is 2.23. The highest BCUT2D eigenvalue weighted by molar-refractivity contribution is 7.81. The van der Waals surface area contributed by atoms with Gasteiger partial charge in [-0.1, -0.05) is 12.1 Å². The lowest BCUT2D eigenvalue weighted by atomic mass is 10.0. The van der Waals surface area contributed by atoms with Gasteiger partial charge in [0.15, 0.2) is 0 Å². The van der Waals surface area contributed by atoms with Crippen LogP contribution in [-0.4, -0.2) is 18.1 Å². The Bertz CT molecular complexity index is 254. The first-order chi connectivity index (χ1) is 6.81. The molecule has 0 saturated carbocycles. The Balaban J connectivity index is 2.71. The summed E-state index contributed by atoms with van der Waals surface area (Å²) in [6.07, 6.45) is 0. The zero-order valence-electron chi connectivity index (χ0n) is 8.31. The molecular formula is C11H16OS2. The van der Waals surface area contributed by atoms with Crippen molar-refractivity contribution >= 4 is 25.3 Å². The summed E-state index contributed by atoms with van der Waals surface area (Å²) < 4.78 is 5.37. The molecule has 14 heavy (non-hydrogen) atoms. The standard InChI is InChI=1S/C11H16OS2/c1-2-12-11-5-3-9(4-6-11)10(7-13)8-14/h3-6,10,13-14H,2,7-8H2,1H3. The van der Waals surface area contributed by atoms with E-state index in [1.54, 1.807) is 0 Å². The first-order valence-corrected chi connectivity index (χ1v) is 6.02. The van der Waals surface area contributed by atoms with E-state index in [0.29, 0.717) is 12.5 Å². The third-order valence-corrected chi connectivity index (χ3v) is 2.98. The third kappa shape index (κ3) is 3.14. The molecule has 0 aliphatic carbocycles. The van der Waals surface area contributed by atoms with Gasteiger partial charge >= 0.3 is 0 Å². The van der Waals surface area contributed by atoms with E-state index in [1.165, 1.54) is 5.56 Å². The summed E-state index contributed by atoms with van der Waals surface area (Å²) in [5.74, 6) is 3.01. The maximum absolute atomic E-state index is 5.37. The molecule has 0 aliphatic rings. The summed E-state index contributed by atoms with van der Waals surface area (Å²) in [5, 5.41) is 0. The first kappa shape index (κ1) is 11.8. The molecular weight excluding hydrogens is 212 g/mol. The summed E-state index contributed by atoms with van der Waals surface area (Å²) in [4.78, 5) is 0. The molecule has 3 heteroatoms. The third-order valence-electron chi connectivity index (χ3n) is 2.10. The van der Waals surface area contributed by atoms with E-state index >= 15 is 0 Å². The highest BCUT2D eigenvalue weighted by Crippen LogP contribution is 2.21. The van der Waals surface area contributed by atoms with Crippen molar-refractivity contribution < 1.29 is 4.74 Å². The molecule has 1 nitrogen and oxygen atoms in total. The van der Waals surface area contributed by atoms with Crippen LogP contribution in [0.25, 0.3) is 0 Å². The molecule has 0 amide bonds. The second kappa shape index (κ2) is 6.25. The van der Waals surface area contributed by atoms with Crippen molar-refractivity contribution in [2.45, 2.75) is 12.8 Å². The van der Waals surface area contributed by atoms with Gasteiger partial charge in [0.1, 0.15) is 5.75 Å². The van der Waals surface area contributed by atoms with Crippen LogP contribution in [0.4, 0.5) is 0 Å². The van der Waals surface area contributed by atoms with Crippen molar-refractivity contribution in [1.82, 2.24) is 0 Å². The Kier molecular flexibility index (Phi) is 5.26. The fraction of sp³-hybridized carbons (Fsp3) is 0.455. The van der Waals surface area contributed by atoms with Crippen LogP contribution in [0, 0.1) is 0 Å². The van der Waals surface area contributed by atoms with Crippen LogP contribution in [0.15, 0.2) is 24.3 Å². The van der Waals surface area contributed by atoms with E-state index in [1.807, 2.05) is 19.1 Å². The Morgan fingerprint density at radius 1 is 1.14 bits per heavy atom. The molecule has 0 atom stereocenters. The van der Waals surface area contributed by atoms with Gasteiger partial charge in [-0.15, -0.1) is 0 Å². The van der Waals surface area contributed by atoms with Crippen molar-refractivity contribution in [3.63, 3.8) is 0 Å². The van der Waals surface area contributed by atoms with Crippen molar-refractivity contribution in [3.05, 3.63) is 29.8 Å². The summed E-state index contributed by atoms with van der Waals surface area (Å²) in [7, 11) is 0. The fourth-order valence-corrected chi connectivity index (χ4v) is 2.15. The molecule has 0 unspecified atom stereocenters. The van der Waals surface area contributed by atoms with Gasteiger partial charge in [-0.2, -0.15) is 25.3 Å². The van der Waals surface area contributed by atoms with E-state index in [4.69, 9.17) is 4.74 Å². The summed E-state index contributed by atoms with van der Waals surface area (Å²) in [6, 6.07) is 8.17. The van der Waals surface area contributed by atoms with Crippen molar-refractivity contribution in [1.29, 1.82) is 0 Å². The molecule has 0 bridgehead atoms. The lowest BCUT2D eigenvalue weighted by molar-refractivity contribution is 0.340. The van der Waals surface area contributed by atoms with Gasteiger partial charge < -0.3 is 4.74 Å². The predicted octanol–water partition coefficient (Wildman–Crippen LogP) is 3.03. The number of benzene rings is 1. The minimum absolute atomic E-state index is 0.428. The molecule has 0 N–H and O–H groups in total. The molecule has 0 fully saturated rings. The Hall–Kier alpha value is -0.280. The van der Waals surface area contributed by atoms with Crippen LogP contribution in [0.2, 0.25) is 0 Å². The quantitative estimate of drug-likeness (QED) is 0.737. The van der Waals surface area contributed by atoms with Crippen LogP contribution in [0.5, 0.6) is 5.75 Å². The minimum Gasteiger partial charge on any atom is -0.494 e. The molecule has 1 rings (SSSR count). The van der Waals surface area contributed by atoms with Crippen LogP contribution in [0.1, 0.15) is 18.4 Å². The lowest BCUT2D eigenvalue weighted by Crippen LogP contribution is -2.02. The lowest BCUT2D eigenvalue weighted by Gasteiger charge is -2.12. The molecule has 0 radical (unpaired) electrons. The van der Waals surface area contributed by atoms with E-state index in [9.17, 15) is 0 Å². The number of hydrogen-bond donors (Lipinski definition) is 2. The van der Waals surface area contributed by atoms with E-state index < -0.39 is 0 Å². The largest absolute Gasteiger partial charge is 0.494 e. The zero-order valence-corrected chi connectivity index (χ0v) is 10.1. The second-order valence-electron chi connectivity index (χ2n) is 3.06. The van der Waals surface area contributed by atoms with Crippen molar-refractivity contribution in [3.8, 4) is 5.75 Å². The summed E-state index contributed by atoms with van der Waals surface area (Å²) in [6.45, 7) is 2.69. The van der Waals surface area contributed by atoms with Crippen molar-refractivity contribution in [2.75, 3.05) is 18.1 Å². The van der Waals surface area contributed by atoms with Gasteiger partial charge in [0, 0.05) is 5.92 Å². The van der Waals surface area contributed by atoms with Crippen LogP contribution >= 0.6 is 25.3 Å². The van der Waals surface area contributed by atoms with Gasteiger partial charge in [0.2, 0.25) is 0 Å². The maximum atomic E-state index is 5.37. The van der Waals surface area contributed by atoms with Gasteiger partial charge in [-0.3, -0.25) is 0 Å². The molecule has 0 aliphatic heterocycles. The normalized spacial score (nSPS) is 10.6. The number of thiol groups is 2. The van der Waals surface area contributed by atoms with E-state index in [0.717, 1.165) is 17.3 Å². The predicted molar refractivity (Wildman–Crippen MR) is 68.1 cm³/mol. The second-order valence-corrected chi connectivity index (χ2v) is 3.79. The molecule has 1 aromatic rings. The summed E-state index contributed by atoms with van der Waals surface area (Å²) >= 11 is 8.59. The maximum Gasteiger partial charge on any atom is 0.119 e. The van der Waals surface area contributed by atoms with Crippen LogP contribution in [0.3, 0.4) is 0 Å². The van der Waals surface area contributed by atoms with Gasteiger partial charge in [0.05, 0.1) is 6.61 Å². The molecule has 78 valence electrons. The Morgan fingerprint density at radius 2 is 1.71 bits per heavy atom. The first-order valence-electron chi connectivity index (χ1n) is 4.76. The van der Waals surface area contributed by atoms with E-state index in [-0.39, 0.29) is 0 Å². The van der Waals surface area contributed by atoms with E-state index in [2.05, 4.69) is 37.4 Å². The number of ether oxygens (including phenoxy) is 1. The molecule has 0 aromatic heterocycles. The SMILES string of the molecule is CCOc1ccc(C(CS)CS)cc1. The fourth-order valence-electron chi connectivity index (χ4n) is 1.27. The Morgan fingerprint density at radius 3 is 2.14 bits per heavy atom. The molecule has 0 saturated heterocycles. The Labute approximate surface area is 96.7 Å². The summed E-state index contributed by atoms with van der Waals surface area (Å²) in [5.41, 5.74) is 1.28. The number of rotatable bonds is 5. The van der Waals surface area contributed by atoms with Gasteiger partial charge in [0.25, 0.3) is 0 Å². The van der Waals surface area contributed by atoms with Crippen LogP contribution in [-0.2, 0) is 0 Å². The highest BCUT2D eigenvalue weighted by Gasteiger charge is 2.06. The topological polar surface area (TPSA) is 9.23 Å². The smallest absolute Gasteiger partial charge is 0.119 e. The highest BCUT2D eigenvalue weighted by atomic mass is 32.1. The van der Waals surface area contributed by atoms with Crippen molar-refractivity contribution in [2.24, 2.45) is 0 Å². The zero-order chi connectivity index (χ0) is 10.4. The van der Waals surface area contributed by atoms with Gasteiger partial charge in [-0.05, 0) is 36.1 Å². The minimum atomic E-state index is 0.428. The molecule has 0 spiro atoms. The van der Waals surface area contributed by atoms with Gasteiger partial charge in [-0.25, -0.2) is 0 Å². The molecule has 0 heterocycles. The number of hydrogen-bond acceptors (Lipinski definition) is 3. The molecule has 1 aromatic carbocycles. The van der Waals surface area contributed by atoms with Crippen LogP contribution < -0.4 is 4.74 Å².